The molecule has 142 valence electrons. The van der Waals surface area contributed by atoms with Gasteiger partial charge in [0.2, 0.25) is 0 Å². The van der Waals surface area contributed by atoms with Crippen molar-refractivity contribution in [3.8, 4) is 17.2 Å². The number of benzene rings is 2. The summed E-state index contributed by atoms with van der Waals surface area (Å²) in [4.78, 5) is 0. The highest BCUT2D eigenvalue weighted by Gasteiger charge is 2.29. The van der Waals surface area contributed by atoms with E-state index in [9.17, 15) is 14.0 Å². The first-order valence-electron chi connectivity index (χ1n) is 9.18. The number of anilines is 1. The van der Waals surface area contributed by atoms with Crippen molar-refractivity contribution in [1.82, 2.24) is 10.2 Å². The molecule has 7 heteroatoms. The largest absolute Gasteiger partial charge is 0.772 e. The van der Waals surface area contributed by atoms with Gasteiger partial charge in [-0.05, 0) is 54.5 Å². The summed E-state index contributed by atoms with van der Waals surface area (Å²) in [5, 5.41) is 22.1. The molecule has 0 spiro atoms. The van der Waals surface area contributed by atoms with Crippen molar-refractivity contribution in [2.45, 2.75) is 31.6 Å². The molecule has 1 aliphatic carbocycles. The van der Waals surface area contributed by atoms with Gasteiger partial charge in [-0.15, -0.1) is 10.2 Å². The SMILES string of the molecule is C[C@@H](Nc1c(C#N)nnc2cc(-c3ccccc3CS(=O)[O-])ccc12)C1CC1. The quantitative estimate of drug-likeness (QED) is 0.642. The van der Waals surface area contributed by atoms with E-state index in [1.807, 2.05) is 42.5 Å². The molecule has 1 unspecified atom stereocenters. The Morgan fingerprint density at radius 1 is 1.29 bits per heavy atom. The first-order chi connectivity index (χ1) is 13.6. The van der Waals surface area contributed by atoms with Crippen LogP contribution in [0.3, 0.4) is 0 Å². The molecule has 3 aromatic rings. The average Bonchev–Trinajstić information content (AvgIpc) is 3.53. The summed E-state index contributed by atoms with van der Waals surface area (Å²) < 4.78 is 22.4. The Labute approximate surface area is 165 Å². The van der Waals surface area contributed by atoms with Crippen molar-refractivity contribution >= 4 is 27.7 Å². The molecule has 1 saturated carbocycles. The van der Waals surface area contributed by atoms with Gasteiger partial charge in [0.25, 0.3) is 0 Å². The topological polar surface area (TPSA) is 102 Å². The number of nitrogens with one attached hydrogen (secondary N) is 1. The first kappa shape index (κ1) is 18.5. The van der Waals surface area contributed by atoms with Gasteiger partial charge in [0.1, 0.15) is 6.07 Å². The Bertz CT molecular complexity index is 1110. The van der Waals surface area contributed by atoms with Crippen LogP contribution in [0.4, 0.5) is 5.69 Å². The molecule has 6 nitrogen and oxygen atoms in total. The van der Waals surface area contributed by atoms with E-state index in [0.29, 0.717) is 17.1 Å². The zero-order valence-electron chi connectivity index (χ0n) is 15.4. The minimum Gasteiger partial charge on any atom is -0.772 e. The van der Waals surface area contributed by atoms with Gasteiger partial charge in [-0.2, -0.15) is 5.26 Å². The Hall–Kier alpha value is -2.82. The Balaban J connectivity index is 1.78. The fourth-order valence-electron chi connectivity index (χ4n) is 3.50. The second-order valence-corrected chi connectivity index (χ2v) is 8.04. The third-order valence-electron chi connectivity index (χ3n) is 5.17. The fourth-order valence-corrected chi connectivity index (χ4v) is 4.00. The molecule has 1 aliphatic rings. The van der Waals surface area contributed by atoms with Crippen molar-refractivity contribution in [3.05, 3.63) is 53.7 Å². The van der Waals surface area contributed by atoms with Crippen molar-refractivity contribution in [2.24, 2.45) is 5.92 Å². The van der Waals surface area contributed by atoms with Crippen LogP contribution >= 0.6 is 0 Å². The lowest BCUT2D eigenvalue weighted by molar-refractivity contribution is 0.536. The molecule has 0 aliphatic heterocycles. The minimum absolute atomic E-state index is 0.0427. The van der Waals surface area contributed by atoms with Gasteiger partial charge in [-0.3, -0.25) is 4.21 Å². The van der Waals surface area contributed by atoms with Gasteiger partial charge >= 0.3 is 0 Å². The van der Waals surface area contributed by atoms with Gasteiger partial charge in [-0.1, -0.05) is 41.4 Å². The van der Waals surface area contributed by atoms with Crippen LogP contribution in [0.5, 0.6) is 0 Å². The number of fused-ring (bicyclic) bond motifs is 1. The van der Waals surface area contributed by atoms with Crippen molar-refractivity contribution in [1.29, 1.82) is 5.26 Å². The van der Waals surface area contributed by atoms with Gasteiger partial charge < -0.3 is 9.87 Å². The minimum atomic E-state index is -2.17. The predicted molar refractivity (Wildman–Crippen MR) is 108 cm³/mol. The van der Waals surface area contributed by atoms with Crippen LogP contribution in [0.1, 0.15) is 31.0 Å². The fraction of sp³-hybridized carbons (Fsp3) is 0.286. The molecule has 2 atom stereocenters. The van der Waals surface area contributed by atoms with Crippen LogP contribution in [0.2, 0.25) is 0 Å². The highest BCUT2D eigenvalue weighted by atomic mass is 32.2. The molecule has 0 saturated heterocycles. The van der Waals surface area contributed by atoms with Crippen LogP contribution in [0.15, 0.2) is 42.5 Å². The molecule has 0 bridgehead atoms. The Kier molecular flexibility index (Phi) is 5.07. The van der Waals surface area contributed by atoms with Crippen LogP contribution in [-0.4, -0.2) is 25.0 Å². The van der Waals surface area contributed by atoms with E-state index in [2.05, 4.69) is 28.5 Å². The molecule has 0 radical (unpaired) electrons. The van der Waals surface area contributed by atoms with Crippen molar-refractivity contribution < 1.29 is 8.76 Å². The summed E-state index contributed by atoms with van der Waals surface area (Å²) in [6.45, 7) is 2.12. The summed E-state index contributed by atoms with van der Waals surface area (Å²) in [6, 6.07) is 15.6. The van der Waals surface area contributed by atoms with Gasteiger partial charge in [-0.25, -0.2) is 0 Å². The molecule has 4 rings (SSSR count). The van der Waals surface area contributed by atoms with Crippen LogP contribution in [0, 0.1) is 17.2 Å². The van der Waals surface area contributed by atoms with E-state index in [4.69, 9.17) is 0 Å². The Morgan fingerprint density at radius 3 is 2.79 bits per heavy atom. The van der Waals surface area contributed by atoms with E-state index < -0.39 is 11.1 Å². The molecular weight excluding hydrogens is 372 g/mol. The van der Waals surface area contributed by atoms with Crippen LogP contribution in [0.25, 0.3) is 22.0 Å². The normalized spacial score (nSPS) is 15.8. The molecule has 28 heavy (non-hydrogen) atoms. The molecule has 1 fully saturated rings. The number of rotatable bonds is 6. The van der Waals surface area contributed by atoms with Crippen molar-refractivity contribution in [3.63, 3.8) is 0 Å². The van der Waals surface area contributed by atoms with Gasteiger partial charge in [0.05, 0.1) is 11.2 Å². The number of aromatic nitrogens is 2. The Morgan fingerprint density at radius 2 is 2.07 bits per heavy atom. The van der Waals surface area contributed by atoms with Gasteiger partial charge in [0.15, 0.2) is 5.69 Å². The molecule has 2 aromatic carbocycles. The van der Waals surface area contributed by atoms with E-state index in [-0.39, 0.29) is 17.5 Å². The smallest absolute Gasteiger partial charge is 0.186 e. The highest BCUT2D eigenvalue weighted by molar-refractivity contribution is 7.78. The molecule has 1 heterocycles. The summed E-state index contributed by atoms with van der Waals surface area (Å²) in [5.74, 6) is 0.591. The standard InChI is InChI=1S/C21H20N4O2S/c1-13(14-6-7-14)23-21-18-9-8-15(10-19(18)24-25-20(21)11-22)17-5-3-2-4-16(17)12-28(26)27/h2-5,8-10,13-14H,6-7,12H2,1H3,(H,23,24)(H,26,27)/p-1/t13-/m1/s1. The zero-order valence-corrected chi connectivity index (χ0v) is 16.2. The van der Waals surface area contributed by atoms with Crippen molar-refractivity contribution in [2.75, 3.05) is 5.32 Å². The molecule has 0 amide bonds. The van der Waals surface area contributed by atoms with Crippen LogP contribution in [-0.2, 0) is 16.8 Å². The lowest BCUT2D eigenvalue weighted by Crippen LogP contribution is -2.19. The maximum atomic E-state index is 11.2. The summed E-state index contributed by atoms with van der Waals surface area (Å²) in [5.41, 5.74) is 4.12. The van der Waals surface area contributed by atoms with E-state index in [1.54, 1.807) is 0 Å². The van der Waals surface area contributed by atoms with E-state index in [1.165, 1.54) is 12.8 Å². The number of hydrogen-bond acceptors (Lipinski definition) is 6. The maximum Gasteiger partial charge on any atom is 0.186 e. The number of nitriles is 1. The third-order valence-corrected chi connectivity index (χ3v) is 5.72. The monoisotopic (exact) mass is 391 g/mol. The number of nitrogens with zero attached hydrogens (tertiary/aromatic N) is 3. The molecule has 1 N–H and O–H groups in total. The lowest BCUT2D eigenvalue weighted by atomic mass is 9.99. The van der Waals surface area contributed by atoms with E-state index >= 15 is 0 Å². The maximum absolute atomic E-state index is 11.2. The summed E-state index contributed by atoms with van der Waals surface area (Å²) in [7, 11) is 0. The average molecular weight is 391 g/mol. The lowest BCUT2D eigenvalue weighted by Gasteiger charge is -2.17. The molecular formula is C21H19N4O2S-. The summed E-state index contributed by atoms with van der Waals surface area (Å²) >= 11 is -2.17. The number of hydrogen-bond donors (Lipinski definition) is 1. The second kappa shape index (κ2) is 7.66. The van der Waals surface area contributed by atoms with Gasteiger partial charge in [0, 0.05) is 17.2 Å². The third kappa shape index (κ3) is 3.75. The molecule has 1 aromatic heterocycles. The van der Waals surface area contributed by atoms with Crippen LogP contribution < -0.4 is 5.32 Å². The first-order valence-corrected chi connectivity index (χ1v) is 10.4. The summed E-state index contributed by atoms with van der Waals surface area (Å²) in [6.07, 6.45) is 2.41. The zero-order chi connectivity index (χ0) is 19.7. The predicted octanol–water partition coefficient (Wildman–Crippen LogP) is 3.76. The van der Waals surface area contributed by atoms with E-state index in [0.717, 1.165) is 22.1 Å². The highest BCUT2D eigenvalue weighted by Crippen LogP contribution is 2.36. The second-order valence-electron chi connectivity index (χ2n) is 7.14.